The summed E-state index contributed by atoms with van der Waals surface area (Å²) in [5.74, 6) is -11.2. The van der Waals surface area contributed by atoms with E-state index in [4.69, 9.17) is 0 Å². The van der Waals surface area contributed by atoms with Crippen molar-refractivity contribution in [1.29, 1.82) is 0 Å². The van der Waals surface area contributed by atoms with Gasteiger partial charge in [-0.15, -0.1) is 0 Å². The molecule has 2 aromatic rings. The van der Waals surface area contributed by atoms with Gasteiger partial charge in [-0.3, -0.25) is 14.9 Å². The van der Waals surface area contributed by atoms with Crippen LogP contribution in [0.4, 0.5) is 27.6 Å². The Bertz CT molecular complexity index is 894. The Balaban J connectivity index is 2.47. The summed E-state index contributed by atoms with van der Waals surface area (Å²) in [6.07, 6.45) is 0.322. The third-order valence-corrected chi connectivity index (χ3v) is 3.56. The van der Waals surface area contributed by atoms with E-state index in [1.165, 1.54) is 12.1 Å². The number of carbonyl (C=O) groups excluding carboxylic acids is 1. The van der Waals surface area contributed by atoms with Crippen LogP contribution in [0.15, 0.2) is 29.8 Å². The monoisotopic (exact) mass is 371 g/mol. The van der Waals surface area contributed by atoms with Crippen molar-refractivity contribution in [2.75, 3.05) is 0 Å². The van der Waals surface area contributed by atoms with Gasteiger partial charge >= 0.3 is 0 Å². The first-order valence-corrected chi connectivity index (χ1v) is 7.09. The fraction of sp³-hybridized carbons (Fsp3) is 0.118. The molecule has 0 heterocycles. The molecule has 0 atom stereocenters. The van der Waals surface area contributed by atoms with Crippen molar-refractivity contribution in [1.82, 2.24) is 0 Å². The number of ketones is 1. The summed E-state index contributed by atoms with van der Waals surface area (Å²) in [5.41, 5.74) is -1.30. The van der Waals surface area contributed by atoms with Crippen LogP contribution in [0.25, 0.3) is 6.08 Å². The Morgan fingerprint density at radius 3 is 1.85 bits per heavy atom. The Morgan fingerprint density at radius 2 is 1.42 bits per heavy atom. The number of carbonyl (C=O) groups is 1. The second-order valence-electron chi connectivity index (χ2n) is 5.30. The molecule has 0 bridgehead atoms. The van der Waals surface area contributed by atoms with E-state index in [0.29, 0.717) is 0 Å². The average molecular weight is 371 g/mol. The van der Waals surface area contributed by atoms with E-state index in [0.717, 1.165) is 25.1 Å². The number of nitro groups is 1. The number of benzene rings is 2. The topological polar surface area (TPSA) is 60.2 Å². The van der Waals surface area contributed by atoms with Gasteiger partial charge in [-0.2, -0.15) is 0 Å². The van der Waals surface area contributed by atoms with E-state index in [2.05, 4.69) is 0 Å². The van der Waals surface area contributed by atoms with E-state index < -0.39 is 51.8 Å². The molecule has 0 amide bonds. The number of halogens is 5. The van der Waals surface area contributed by atoms with Crippen LogP contribution in [-0.4, -0.2) is 10.7 Å². The van der Waals surface area contributed by atoms with Crippen molar-refractivity contribution in [3.05, 3.63) is 80.2 Å². The van der Waals surface area contributed by atoms with Crippen LogP contribution in [-0.2, 0) is 11.2 Å². The lowest BCUT2D eigenvalue weighted by atomic mass is 9.98. The molecule has 136 valence electrons. The maximum Gasteiger partial charge on any atom is 0.269 e. The smallest absolute Gasteiger partial charge is 0.269 e. The van der Waals surface area contributed by atoms with Gasteiger partial charge in [0.05, 0.1) is 4.92 Å². The SMILES string of the molecule is CC(=O)/C(=C/c1ccc([N+](=O)[O-])cc1)Cc1c(F)c(F)c(F)c(F)c1F. The molecule has 0 radical (unpaired) electrons. The number of hydrogen-bond acceptors (Lipinski definition) is 3. The number of nitro benzene ring substituents is 1. The molecule has 2 rings (SSSR count). The largest absolute Gasteiger partial charge is 0.295 e. The Morgan fingerprint density at radius 1 is 0.962 bits per heavy atom. The number of hydrogen-bond donors (Lipinski definition) is 0. The van der Waals surface area contributed by atoms with Crippen molar-refractivity contribution in [2.45, 2.75) is 13.3 Å². The molecule has 4 nitrogen and oxygen atoms in total. The van der Waals surface area contributed by atoms with Crippen molar-refractivity contribution < 1.29 is 31.7 Å². The summed E-state index contributed by atoms with van der Waals surface area (Å²) in [6.45, 7) is 1.06. The number of rotatable bonds is 5. The number of nitrogens with zero attached hydrogens (tertiary/aromatic N) is 1. The van der Waals surface area contributed by atoms with Gasteiger partial charge in [0.2, 0.25) is 5.82 Å². The van der Waals surface area contributed by atoms with E-state index in [1.807, 2.05) is 0 Å². The third-order valence-electron chi connectivity index (χ3n) is 3.56. The molecule has 26 heavy (non-hydrogen) atoms. The number of Topliss-reactive ketones (excluding diaryl/α,β-unsaturated/α-hetero) is 1. The summed E-state index contributed by atoms with van der Waals surface area (Å²) >= 11 is 0. The Kier molecular flexibility index (Phi) is 5.49. The highest BCUT2D eigenvalue weighted by Gasteiger charge is 2.26. The van der Waals surface area contributed by atoms with E-state index >= 15 is 0 Å². The number of allylic oxidation sites excluding steroid dienone is 1. The molecule has 0 spiro atoms. The van der Waals surface area contributed by atoms with Gasteiger partial charge in [0, 0.05) is 24.1 Å². The molecule has 0 saturated heterocycles. The maximum absolute atomic E-state index is 13.8. The summed E-state index contributed by atoms with van der Waals surface area (Å²) in [7, 11) is 0. The van der Waals surface area contributed by atoms with Gasteiger partial charge in [-0.1, -0.05) is 0 Å². The third kappa shape index (κ3) is 3.76. The van der Waals surface area contributed by atoms with Crippen LogP contribution in [0.5, 0.6) is 0 Å². The molecule has 0 aromatic heterocycles. The second kappa shape index (κ2) is 7.42. The lowest BCUT2D eigenvalue weighted by Crippen LogP contribution is -2.10. The maximum atomic E-state index is 13.8. The van der Waals surface area contributed by atoms with Gasteiger partial charge in [0.25, 0.3) is 5.69 Å². The molecular formula is C17H10F5NO3. The molecule has 9 heteroatoms. The van der Waals surface area contributed by atoms with Crippen molar-refractivity contribution in [3.8, 4) is 0 Å². The highest BCUT2D eigenvalue weighted by atomic mass is 19.2. The number of non-ortho nitro benzene ring substituents is 1. The first-order valence-electron chi connectivity index (χ1n) is 7.09. The zero-order valence-electron chi connectivity index (χ0n) is 13.2. The minimum Gasteiger partial charge on any atom is -0.295 e. The normalized spacial score (nSPS) is 11.5. The first-order chi connectivity index (χ1) is 12.1. The van der Waals surface area contributed by atoms with Gasteiger partial charge in [0.1, 0.15) is 0 Å². The van der Waals surface area contributed by atoms with Gasteiger partial charge in [-0.05, 0) is 36.3 Å². The Labute approximate surface area is 143 Å². The molecular weight excluding hydrogens is 361 g/mol. The predicted octanol–water partition coefficient (Wildman–Crippen LogP) is 4.51. The van der Waals surface area contributed by atoms with Crippen LogP contribution < -0.4 is 0 Å². The molecule has 0 unspecified atom stereocenters. The van der Waals surface area contributed by atoms with E-state index in [-0.39, 0.29) is 16.8 Å². The lowest BCUT2D eigenvalue weighted by molar-refractivity contribution is -0.384. The minimum atomic E-state index is -2.28. The van der Waals surface area contributed by atoms with E-state index in [1.54, 1.807) is 0 Å². The summed E-state index contributed by atoms with van der Waals surface area (Å²) in [4.78, 5) is 21.7. The van der Waals surface area contributed by atoms with Crippen LogP contribution in [0.3, 0.4) is 0 Å². The van der Waals surface area contributed by atoms with Gasteiger partial charge in [0.15, 0.2) is 29.1 Å². The fourth-order valence-corrected chi connectivity index (χ4v) is 2.17. The zero-order valence-corrected chi connectivity index (χ0v) is 13.2. The highest BCUT2D eigenvalue weighted by Crippen LogP contribution is 2.26. The van der Waals surface area contributed by atoms with E-state index in [9.17, 15) is 36.9 Å². The highest BCUT2D eigenvalue weighted by molar-refractivity contribution is 5.98. The van der Waals surface area contributed by atoms with Crippen molar-refractivity contribution in [3.63, 3.8) is 0 Å². The van der Waals surface area contributed by atoms with Crippen LogP contribution >= 0.6 is 0 Å². The fourth-order valence-electron chi connectivity index (χ4n) is 2.17. The average Bonchev–Trinajstić information content (AvgIpc) is 2.61. The summed E-state index contributed by atoms with van der Waals surface area (Å²) in [6, 6.07) is 4.84. The predicted molar refractivity (Wildman–Crippen MR) is 81.7 cm³/mol. The molecule has 0 N–H and O–H groups in total. The first kappa shape index (κ1) is 19.2. The summed E-state index contributed by atoms with van der Waals surface area (Å²) in [5, 5.41) is 10.6. The Hall–Kier alpha value is -3.10. The molecule has 2 aromatic carbocycles. The van der Waals surface area contributed by atoms with Crippen molar-refractivity contribution >= 4 is 17.5 Å². The minimum absolute atomic E-state index is 0.216. The van der Waals surface area contributed by atoms with Crippen LogP contribution in [0.1, 0.15) is 18.1 Å². The van der Waals surface area contributed by atoms with Crippen molar-refractivity contribution in [2.24, 2.45) is 0 Å². The molecule has 0 fully saturated rings. The molecule has 0 saturated carbocycles. The quantitative estimate of drug-likeness (QED) is 0.194. The van der Waals surface area contributed by atoms with Gasteiger partial charge in [-0.25, -0.2) is 22.0 Å². The lowest BCUT2D eigenvalue weighted by Gasteiger charge is -2.09. The van der Waals surface area contributed by atoms with Crippen LogP contribution in [0.2, 0.25) is 0 Å². The summed E-state index contributed by atoms with van der Waals surface area (Å²) < 4.78 is 67.2. The zero-order chi connectivity index (χ0) is 19.6. The molecule has 0 aliphatic carbocycles. The van der Waals surface area contributed by atoms with Crippen LogP contribution in [0, 0.1) is 39.2 Å². The molecule has 0 aliphatic heterocycles. The molecule has 0 aliphatic rings. The second-order valence-corrected chi connectivity index (χ2v) is 5.30. The van der Waals surface area contributed by atoms with Gasteiger partial charge < -0.3 is 0 Å². The standard InChI is InChI=1S/C17H10F5NO3/c1-8(24)10(6-9-2-4-11(5-3-9)23(25)26)7-12-13(18)15(20)17(22)16(21)14(12)19/h2-6H,7H2,1H3/b10-6+.